The van der Waals surface area contributed by atoms with Gasteiger partial charge in [0, 0.05) is 17.2 Å². The Balaban J connectivity index is 1.44. The molecule has 0 radical (unpaired) electrons. The lowest BCUT2D eigenvalue weighted by atomic mass is 10.2. The Kier molecular flexibility index (Phi) is 5.05. The first-order valence-corrected chi connectivity index (χ1v) is 9.64. The molecule has 0 saturated heterocycles. The smallest absolute Gasteiger partial charge is 0.265 e. The normalized spacial score (nSPS) is 14.5. The standard InChI is InChI=1S/C21H21ClN4O2/c1-12-6-9-17(22)18(10-12)28-13(2)21(27)23-16-5-3-4-15(11-16)20-24-19(25-26-20)14-7-8-14/h3-6,9-11,13-14H,7-8H2,1-2H3,(H,23,27)(H,24,25,26). The number of amides is 1. The number of anilines is 1. The van der Waals surface area contributed by atoms with Gasteiger partial charge in [-0.15, -0.1) is 0 Å². The number of hydrogen-bond donors (Lipinski definition) is 2. The summed E-state index contributed by atoms with van der Waals surface area (Å²) in [4.78, 5) is 17.1. The van der Waals surface area contributed by atoms with E-state index < -0.39 is 6.10 Å². The number of nitrogens with one attached hydrogen (secondary N) is 2. The van der Waals surface area contributed by atoms with Crippen molar-refractivity contribution < 1.29 is 9.53 Å². The summed E-state index contributed by atoms with van der Waals surface area (Å²) in [5.74, 6) is 2.31. The van der Waals surface area contributed by atoms with Crippen LogP contribution in [0.5, 0.6) is 5.75 Å². The number of aromatic nitrogens is 3. The van der Waals surface area contributed by atoms with Crippen LogP contribution in [-0.4, -0.2) is 27.2 Å². The Morgan fingerprint density at radius 1 is 1.29 bits per heavy atom. The van der Waals surface area contributed by atoms with E-state index >= 15 is 0 Å². The van der Waals surface area contributed by atoms with Gasteiger partial charge < -0.3 is 10.1 Å². The summed E-state index contributed by atoms with van der Waals surface area (Å²) in [5.41, 5.74) is 2.51. The van der Waals surface area contributed by atoms with E-state index in [4.69, 9.17) is 16.3 Å². The summed E-state index contributed by atoms with van der Waals surface area (Å²) in [7, 11) is 0. The lowest BCUT2D eigenvalue weighted by molar-refractivity contribution is -0.122. The van der Waals surface area contributed by atoms with Crippen molar-refractivity contribution in [2.24, 2.45) is 0 Å². The molecule has 0 bridgehead atoms. The van der Waals surface area contributed by atoms with Crippen LogP contribution in [0.3, 0.4) is 0 Å². The molecule has 1 aliphatic rings. The van der Waals surface area contributed by atoms with Crippen molar-refractivity contribution in [3.05, 3.63) is 58.9 Å². The van der Waals surface area contributed by atoms with Crippen LogP contribution in [0, 0.1) is 6.92 Å². The summed E-state index contributed by atoms with van der Waals surface area (Å²) in [6.45, 7) is 3.63. The van der Waals surface area contributed by atoms with Crippen LogP contribution >= 0.6 is 11.6 Å². The highest BCUT2D eigenvalue weighted by molar-refractivity contribution is 6.32. The molecular weight excluding hydrogens is 376 g/mol. The summed E-state index contributed by atoms with van der Waals surface area (Å²) in [6, 6.07) is 12.9. The SMILES string of the molecule is Cc1ccc(Cl)c(OC(C)C(=O)Nc2cccc(-c3n[nH]c(C4CC4)n3)c2)c1. The number of halogens is 1. The van der Waals surface area contributed by atoms with Gasteiger partial charge in [-0.3, -0.25) is 9.89 Å². The summed E-state index contributed by atoms with van der Waals surface area (Å²) < 4.78 is 5.74. The van der Waals surface area contributed by atoms with Crippen molar-refractivity contribution >= 4 is 23.2 Å². The third kappa shape index (κ3) is 4.17. The molecule has 4 rings (SSSR count). The number of carbonyl (C=O) groups excluding carboxylic acids is 1. The van der Waals surface area contributed by atoms with E-state index in [1.165, 1.54) is 0 Å². The molecule has 0 spiro atoms. The second-order valence-electron chi connectivity index (χ2n) is 7.08. The van der Waals surface area contributed by atoms with Crippen LogP contribution in [0.2, 0.25) is 5.02 Å². The predicted molar refractivity (Wildman–Crippen MR) is 109 cm³/mol. The molecule has 0 aliphatic heterocycles. The monoisotopic (exact) mass is 396 g/mol. The maximum atomic E-state index is 12.5. The van der Waals surface area contributed by atoms with Gasteiger partial charge in [-0.25, -0.2) is 4.98 Å². The Labute approximate surface area is 168 Å². The number of hydrogen-bond acceptors (Lipinski definition) is 4. The van der Waals surface area contributed by atoms with Crippen LogP contribution in [-0.2, 0) is 4.79 Å². The van der Waals surface area contributed by atoms with Crippen LogP contribution in [0.4, 0.5) is 5.69 Å². The lowest BCUT2D eigenvalue weighted by Gasteiger charge is -2.16. The van der Waals surface area contributed by atoms with E-state index in [-0.39, 0.29) is 5.91 Å². The summed E-state index contributed by atoms with van der Waals surface area (Å²) >= 11 is 6.15. The first-order chi connectivity index (χ1) is 13.5. The molecule has 3 aromatic rings. The number of ether oxygens (including phenoxy) is 1. The highest BCUT2D eigenvalue weighted by atomic mass is 35.5. The zero-order valence-electron chi connectivity index (χ0n) is 15.7. The van der Waals surface area contributed by atoms with Gasteiger partial charge in [0.1, 0.15) is 11.6 Å². The largest absolute Gasteiger partial charge is 0.479 e. The van der Waals surface area contributed by atoms with Crippen molar-refractivity contribution in [1.82, 2.24) is 15.2 Å². The van der Waals surface area contributed by atoms with Crippen molar-refractivity contribution in [1.29, 1.82) is 0 Å². The van der Waals surface area contributed by atoms with Crippen molar-refractivity contribution in [3.8, 4) is 17.1 Å². The zero-order valence-corrected chi connectivity index (χ0v) is 16.5. The van der Waals surface area contributed by atoms with Gasteiger partial charge in [0.15, 0.2) is 11.9 Å². The summed E-state index contributed by atoms with van der Waals surface area (Å²) in [5, 5.41) is 10.6. The van der Waals surface area contributed by atoms with Gasteiger partial charge >= 0.3 is 0 Å². The molecule has 1 aromatic heterocycles. The Morgan fingerprint density at radius 2 is 2.11 bits per heavy atom. The first kappa shape index (κ1) is 18.5. The second kappa shape index (κ2) is 7.64. The molecule has 28 heavy (non-hydrogen) atoms. The van der Waals surface area contributed by atoms with Crippen molar-refractivity contribution in [2.75, 3.05) is 5.32 Å². The highest BCUT2D eigenvalue weighted by Gasteiger charge is 2.27. The van der Waals surface area contributed by atoms with Gasteiger partial charge in [-0.05, 0) is 56.5 Å². The minimum Gasteiger partial charge on any atom is -0.479 e. The minimum atomic E-state index is -0.701. The Bertz CT molecular complexity index is 1010. The number of nitrogens with zero attached hydrogens (tertiary/aromatic N) is 2. The van der Waals surface area contributed by atoms with E-state index in [1.54, 1.807) is 13.0 Å². The van der Waals surface area contributed by atoms with Gasteiger partial charge in [0.2, 0.25) is 0 Å². The Hall–Kier alpha value is -2.86. The number of benzene rings is 2. The molecule has 2 N–H and O–H groups in total. The molecule has 144 valence electrons. The maximum absolute atomic E-state index is 12.5. The quantitative estimate of drug-likeness (QED) is 0.632. The molecule has 1 fully saturated rings. The maximum Gasteiger partial charge on any atom is 0.265 e. The molecule has 7 heteroatoms. The first-order valence-electron chi connectivity index (χ1n) is 9.26. The van der Waals surface area contributed by atoms with Gasteiger partial charge in [0.05, 0.1) is 5.02 Å². The number of carbonyl (C=O) groups is 1. The van der Waals surface area contributed by atoms with Crippen LogP contribution < -0.4 is 10.1 Å². The molecule has 1 saturated carbocycles. The van der Waals surface area contributed by atoms with Crippen LogP contribution in [0.15, 0.2) is 42.5 Å². The van der Waals surface area contributed by atoms with Gasteiger partial charge in [0.25, 0.3) is 5.91 Å². The molecule has 1 amide bonds. The highest BCUT2D eigenvalue weighted by Crippen LogP contribution is 2.38. The molecule has 6 nitrogen and oxygen atoms in total. The minimum absolute atomic E-state index is 0.261. The molecule has 1 heterocycles. The van der Waals surface area contributed by atoms with E-state index in [9.17, 15) is 4.79 Å². The topological polar surface area (TPSA) is 79.9 Å². The fraction of sp³-hybridized carbons (Fsp3) is 0.286. The Morgan fingerprint density at radius 3 is 2.89 bits per heavy atom. The van der Waals surface area contributed by atoms with E-state index in [0.717, 1.165) is 29.8 Å². The fourth-order valence-corrected chi connectivity index (χ4v) is 3.03. The van der Waals surface area contributed by atoms with Gasteiger partial charge in [-0.1, -0.05) is 29.8 Å². The lowest BCUT2D eigenvalue weighted by Crippen LogP contribution is -2.30. The predicted octanol–water partition coefficient (Wildman–Crippen LogP) is 4.72. The number of rotatable bonds is 6. The van der Waals surface area contributed by atoms with Crippen molar-refractivity contribution in [2.45, 2.75) is 38.7 Å². The van der Waals surface area contributed by atoms with Crippen molar-refractivity contribution in [3.63, 3.8) is 0 Å². The average Bonchev–Trinajstić information content (AvgIpc) is 3.41. The van der Waals surface area contributed by atoms with E-state index in [1.807, 2.05) is 43.3 Å². The van der Waals surface area contributed by atoms with Crippen LogP contribution in [0.25, 0.3) is 11.4 Å². The summed E-state index contributed by atoms with van der Waals surface area (Å²) in [6.07, 6.45) is 1.62. The molecule has 1 atom stereocenters. The second-order valence-corrected chi connectivity index (χ2v) is 7.49. The molecule has 2 aromatic carbocycles. The van der Waals surface area contributed by atoms with E-state index in [2.05, 4.69) is 20.5 Å². The average molecular weight is 397 g/mol. The fourth-order valence-electron chi connectivity index (χ4n) is 2.87. The zero-order chi connectivity index (χ0) is 19.7. The van der Waals surface area contributed by atoms with E-state index in [0.29, 0.717) is 28.2 Å². The molecular formula is C21H21ClN4O2. The molecule has 1 aliphatic carbocycles. The number of H-pyrrole nitrogens is 1. The van der Waals surface area contributed by atoms with Gasteiger partial charge in [-0.2, -0.15) is 5.10 Å². The third-order valence-corrected chi connectivity index (χ3v) is 4.93. The van der Waals surface area contributed by atoms with Crippen LogP contribution in [0.1, 0.15) is 37.1 Å². The third-order valence-electron chi connectivity index (χ3n) is 4.61. The number of aromatic amines is 1. The number of aryl methyl sites for hydroxylation is 1. The molecule has 1 unspecified atom stereocenters.